The van der Waals surface area contributed by atoms with Gasteiger partial charge in [0.15, 0.2) is 0 Å². The van der Waals surface area contributed by atoms with Crippen molar-refractivity contribution in [1.29, 1.82) is 0 Å². The molecule has 31 heavy (non-hydrogen) atoms. The quantitative estimate of drug-likeness (QED) is 0.428. The zero-order chi connectivity index (χ0) is 22.5. The van der Waals surface area contributed by atoms with Crippen molar-refractivity contribution < 1.29 is 9.59 Å². The number of rotatable bonds is 5. The van der Waals surface area contributed by atoms with Crippen molar-refractivity contribution in [3.05, 3.63) is 59.7 Å². The van der Waals surface area contributed by atoms with Crippen molar-refractivity contribution in [3.8, 4) is 0 Å². The summed E-state index contributed by atoms with van der Waals surface area (Å²) in [6.45, 7) is 0.809. The molecular weight excluding hydrogens is 388 g/mol. The van der Waals surface area contributed by atoms with E-state index in [4.69, 9.17) is 11.5 Å². The van der Waals surface area contributed by atoms with Gasteiger partial charge in [-0.25, -0.2) is 0 Å². The van der Waals surface area contributed by atoms with Crippen molar-refractivity contribution >= 4 is 23.6 Å². The van der Waals surface area contributed by atoms with Crippen LogP contribution in [0.5, 0.6) is 0 Å². The highest BCUT2D eigenvalue weighted by molar-refractivity contribution is 5.94. The van der Waals surface area contributed by atoms with Gasteiger partial charge in [-0.3, -0.25) is 9.59 Å². The molecule has 6 nitrogen and oxygen atoms in total. The minimum Gasteiger partial charge on any atom is -0.399 e. The molecule has 0 aromatic heterocycles. The first-order valence-electron chi connectivity index (χ1n) is 11.1. The van der Waals surface area contributed by atoms with Crippen molar-refractivity contribution in [2.24, 2.45) is 5.92 Å². The lowest BCUT2D eigenvalue weighted by atomic mass is 9.89. The fourth-order valence-corrected chi connectivity index (χ4v) is 3.31. The van der Waals surface area contributed by atoms with Crippen LogP contribution >= 0.6 is 0 Å². The summed E-state index contributed by atoms with van der Waals surface area (Å²) in [5, 5.41) is 6.15. The number of aldehydes is 1. The molecule has 2 fully saturated rings. The Labute approximate surface area is 185 Å². The number of carbonyl (C=O) groups is 2. The van der Waals surface area contributed by atoms with E-state index in [1.807, 2.05) is 7.05 Å². The maximum atomic E-state index is 11.8. The lowest BCUT2D eigenvalue weighted by molar-refractivity contribution is 0.0943. The Morgan fingerprint density at radius 2 is 1.45 bits per heavy atom. The molecule has 0 saturated heterocycles. The molecule has 0 spiro atoms. The first-order chi connectivity index (χ1) is 15.0. The van der Waals surface area contributed by atoms with E-state index < -0.39 is 0 Å². The van der Waals surface area contributed by atoms with E-state index in [0.717, 1.165) is 18.9 Å². The lowest BCUT2D eigenvalue weighted by Gasteiger charge is -2.21. The van der Waals surface area contributed by atoms with Gasteiger partial charge in [-0.1, -0.05) is 19.3 Å². The van der Waals surface area contributed by atoms with Crippen LogP contribution in [0.2, 0.25) is 0 Å². The molecule has 0 heterocycles. The number of nitrogens with one attached hydrogen (secondary N) is 2. The molecule has 2 aromatic rings. The highest BCUT2D eigenvalue weighted by Gasteiger charge is 2.17. The van der Waals surface area contributed by atoms with Crippen LogP contribution in [0.3, 0.4) is 0 Å². The molecule has 2 aliphatic carbocycles. The molecule has 0 unspecified atom stereocenters. The molecule has 2 aromatic carbocycles. The lowest BCUT2D eigenvalue weighted by Crippen LogP contribution is -2.30. The predicted molar refractivity (Wildman–Crippen MR) is 128 cm³/mol. The molecule has 168 valence electrons. The zero-order valence-corrected chi connectivity index (χ0v) is 18.5. The average Bonchev–Trinajstić information content (AvgIpc) is 3.65. The van der Waals surface area contributed by atoms with Gasteiger partial charge >= 0.3 is 0 Å². The van der Waals surface area contributed by atoms with Gasteiger partial charge in [-0.2, -0.15) is 0 Å². The summed E-state index contributed by atoms with van der Waals surface area (Å²) in [4.78, 5) is 21.9. The van der Waals surface area contributed by atoms with Crippen molar-refractivity contribution in [2.45, 2.75) is 51.0 Å². The maximum Gasteiger partial charge on any atom is 0.251 e. The Bertz CT molecular complexity index is 780. The van der Waals surface area contributed by atoms with Crippen molar-refractivity contribution in [3.63, 3.8) is 0 Å². The molecule has 6 N–H and O–H groups in total. The SMILES string of the molecule is CNC1CC1.Nc1ccc(C(=O)NCC2CCCCC2)cc1.Nc1ccc(C=O)cc1. The molecule has 0 bridgehead atoms. The highest BCUT2D eigenvalue weighted by atomic mass is 16.1. The van der Waals surface area contributed by atoms with Crippen LogP contribution in [0.1, 0.15) is 65.7 Å². The second-order valence-electron chi connectivity index (χ2n) is 8.18. The summed E-state index contributed by atoms with van der Waals surface area (Å²) >= 11 is 0. The Morgan fingerprint density at radius 1 is 0.903 bits per heavy atom. The van der Waals surface area contributed by atoms with Gasteiger partial charge < -0.3 is 22.1 Å². The van der Waals surface area contributed by atoms with Gasteiger partial charge in [0.1, 0.15) is 6.29 Å². The summed E-state index contributed by atoms with van der Waals surface area (Å²) in [7, 11) is 2.01. The maximum absolute atomic E-state index is 11.8. The van der Waals surface area contributed by atoms with Crippen LogP contribution < -0.4 is 22.1 Å². The van der Waals surface area contributed by atoms with Crippen molar-refractivity contribution in [1.82, 2.24) is 10.6 Å². The topological polar surface area (TPSA) is 110 Å². The third-order valence-corrected chi connectivity index (χ3v) is 5.51. The highest BCUT2D eigenvalue weighted by Crippen LogP contribution is 2.22. The summed E-state index contributed by atoms with van der Waals surface area (Å²) in [5.74, 6) is 0.678. The number of hydrogen-bond acceptors (Lipinski definition) is 5. The molecule has 0 radical (unpaired) electrons. The Balaban J connectivity index is 0.000000201. The molecule has 4 rings (SSSR count). The van der Waals surface area contributed by atoms with Gasteiger partial charge in [-0.15, -0.1) is 0 Å². The normalized spacial score (nSPS) is 15.5. The van der Waals surface area contributed by atoms with Crippen molar-refractivity contribution in [2.75, 3.05) is 25.1 Å². The van der Waals surface area contributed by atoms with Gasteiger partial charge in [0.05, 0.1) is 0 Å². The number of amides is 1. The standard InChI is InChI=1S/C14H20N2O.C7H7NO.C4H9N/c15-13-8-6-12(7-9-13)14(17)16-10-11-4-2-1-3-5-11;8-7-3-1-6(5-9)2-4-7;1-5-4-2-3-4/h6-9,11H,1-5,10,15H2,(H,16,17);1-5H,8H2;4-5H,2-3H2,1H3. The summed E-state index contributed by atoms with van der Waals surface area (Å²) in [6, 6.07) is 14.7. The fraction of sp³-hybridized carbons (Fsp3) is 0.440. The van der Waals surface area contributed by atoms with Gasteiger partial charge in [0, 0.05) is 35.1 Å². The van der Waals surface area contributed by atoms with E-state index in [9.17, 15) is 9.59 Å². The smallest absolute Gasteiger partial charge is 0.251 e. The molecule has 6 heteroatoms. The van der Waals surface area contributed by atoms with Gasteiger partial charge in [-0.05, 0) is 87.2 Å². The number of anilines is 2. The Hall–Kier alpha value is -2.86. The van der Waals surface area contributed by atoms with E-state index >= 15 is 0 Å². The number of hydrogen-bond donors (Lipinski definition) is 4. The number of carbonyl (C=O) groups excluding carboxylic acids is 2. The molecule has 0 aliphatic heterocycles. The third-order valence-electron chi connectivity index (χ3n) is 5.51. The summed E-state index contributed by atoms with van der Waals surface area (Å²) < 4.78 is 0. The second kappa shape index (κ2) is 13.4. The monoisotopic (exact) mass is 424 g/mol. The third kappa shape index (κ3) is 10.1. The number of nitrogen functional groups attached to an aromatic ring is 2. The summed E-state index contributed by atoms with van der Waals surface area (Å²) in [5.41, 5.74) is 13.7. The van der Waals surface area contributed by atoms with Crippen LogP contribution in [-0.2, 0) is 0 Å². The van der Waals surface area contributed by atoms with Gasteiger partial charge in [0.25, 0.3) is 5.91 Å². The molecular formula is C25H36N4O2. The van der Waals surface area contributed by atoms with Crippen LogP contribution in [0.4, 0.5) is 11.4 Å². The molecule has 2 aliphatic rings. The fourth-order valence-electron chi connectivity index (χ4n) is 3.31. The Morgan fingerprint density at radius 3 is 1.90 bits per heavy atom. The van der Waals surface area contributed by atoms with E-state index in [2.05, 4.69) is 10.6 Å². The van der Waals surface area contributed by atoms with E-state index in [1.165, 1.54) is 44.9 Å². The first-order valence-corrected chi connectivity index (χ1v) is 11.1. The molecule has 0 atom stereocenters. The first kappa shape index (κ1) is 24.4. The van der Waals surface area contributed by atoms with Gasteiger partial charge in [0.2, 0.25) is 0 Å². The van der Waals surface area contributed by atoms with Crippen LogP contribution in [0, 0.1) is 5.92 Å². The predicted octanol–water partition coefficient (Wildman–Crippen LogP) is 4.03. The number of nitrogens with two attached hydrogens (primary N) is 2. The minimum absolute atomic E-state index is 0.00979. The number of benzene rings is 2. The zero-order valence-electron chi connectivity index (χ0n) is 18.5. The molecule has 1 amide bonds. The Kier molecular flexibility index (Phi) is 10.6. The largest absolute Gasteiger partial charge is 0.399 e. The van der Waals surface area contributed by atoms with Crippen LogP contribution in [0.15, 0.2) is 48.5 Å². The van der Waals surface area contributed by atoms with Crippen LogP contribution in [0.25, 0.3) is 0 Å². The molecule has 2 saturated carbocycles. The van der Waals surface area contributed by atoms with Crippen LogP contribution in [-0.4, -0.2) is 31.8 Å². The summed E-state index contributed by atoms with van der Waals surface area (Å²) in [6.07, 6.45) is 10.1. The minimum atomic E-state index is 0.00979. The average molecular weight is 425 g/mol. The van der Waals surface area contributed by atoms with E-state index in [0.29, 0.717) is 28.4 Å². The van der Waals surface area contributed by atoms with E-state index in [-0.39, 0.29) is 5.91 Å². The second-order valence-corrected chi connectivity index (χ2v) is 8.18. The van der Waals surface area contributed by atoms with E-state index in [1.54, 1.807) is 48.5 Å².